The van der Waals surface area contributed by atoms with Crippen LogP contribution < -0.4 is 0 Å². The Kier molecular flexibility index (Phi) is 4.35. The Balaban J connectivity index is 1.96. The van der Waals surface area contributed by atoms with Gasteiger partial charge in [-0.1, -0.05) is 25.9 Å². The van der Waals surface area contributed by atoms with Gasteiger partial charge in [0, 0.05) is 32.1 Å². The van der Waals surface area contributed by atoms with Crippen molar-refractivity contribution in [2.75, 3.05) is 32.7 Å². The molecular formula is C13H24N4O. The largest absolute Gasteiger partial charge is 0.338 e. The van der Waals surface area contributed by atoms with Crippen molar-refractivity contribution in [3.8, 4) is 0 Å². The number of rotatable bonds is 4. The average Bonchev–Trinajstić information content (AvgIpc) is 2.88. The first-order chi connectivity index (χ1) is 8.61. The number of nitrogens with zero attached hydrogens (tertiary/aromatic N) is 4. The Labute approximate surface area is 109 Å². The molecule has 0 unspecified atom stereocenters. The second-order valence-electron chi connectivity index (χ2n) is 5.29. The summed E-state index contributed by atoms with van der Waals surface area (Å²) in [7, 11) is 0. The van der Waals surface area contributed by atoms with Crippen LogP contribution in [0.1, 0.15) is 51.4 Å². The number of aromatic nitrogens is 2. The van der Waals surface area contributed by atoms with E-state index in [1.165, 1.54) is 0 Å². The molecule has 0 aliphatic carbocycles. The first kappa shape index (κ1) is 13.5. The van der Waals surface area contributed by atoms with Crippen molar-refractivity contribution in [2.45, 2.75) is 39.7 Å². The molecule has 1 fully saturated rings. The van der Waals surface area contributed by atoms with Gasteiger partial charge >= 0.3 is 0 Å². The van der Waals surface area contributed by atoms with E-state index in [0.717, 1.165) is 44.4 Å². The average molecular weight is 252 g/mol. The SMILES string of the molecule is CCN1CCN([C@@H](C)c2nc(C(C)C)no2)CC1. The van der Waals surface area contributed by atoms with Crippen LogP contribution in [-0.2, 0) is 0 Å². The van der Waals surface area contributed by atoms with E-state index in [1.54, 1.807) is 0 Å². The molecule has 1 aliphatic rings. The lowest BCUT2D eigenvalue weighted by molar-refractivity contribution is 0.0914. The van der Waals surface area contributed by atoms with Gasteiger partial charge in [0.05, 0.1) is 6.04 Å². The van der Waals surface area contributed by atoms with Gasteiger partial charge < -0.3 is 9.42 Å². The zero-order valence-corrected chi connectivity index (χ0v) is 11.9. The van der Waals surface area contributed by atoms with Crippen LogP contribution in [0.25, 0.3) is 0 Å². The summed E-state index contributed by atoms with van der Waals surface area (Å²) in [6, 6.07) is 0.226. The molecule has 0 spiro atoms. The van der Waals surface area contributed by atoms with Crippen molar-refractivity contribution in [1.82, 2.24) is 19.9 Å². The lowest BCUT2D eigenvalue weighted by Gasteiger charge is -2.36. The molecule has 0 saturated carbocycles. The number of hydrogen-bond donors (Lipinski definition) is 0. The fraction of sp³-hybridized carbons (Fsp3) is 0.846. The molecule has 102 valence electrons. The Bertz CT molecular complexity index is 369. The summed E-state index contributed by atoms with van der Waals surface area (Å²) in [5, 5.41) is 4.04. The van der Waals surface area contributed by atoms with Gasteiger partial charge in [-0.25, -0.2) is 0 Å². The molecule has 5 heteroatoms. The zero-order chi connectivity index (χ0) is 13.1. The van der Waals surface area contributed by atoms with E-state index in [9.17, 15) is 0 Å². The summed E-state index contributed by atoms with van der Waals surface area (Å²) in [5.74, 6) is 1.89. The minimum absolute atomic E-state index is 0.226. The van der Waals surface area contributed by atoms with Crippen LogP contribution in [0, 0.1) is 0 Å². The number of likely N-dealkylation sites (N-methyl/N-ethyl adjacent to an activating group) is 1. The van der Waals surface area contributed by atoms with Crippen molar-refractivity contribution in [3.63, 3.8) is 0 Å². The lowest BCUT2D eigenvalue weighted by atomic mass is 10.2. The molecule has 1 aromatic rings. The first-order valence-electron chi connectivity index (χ1n) is 6.91. The van der Waals surface area contributed by atoms with E-state index in [-0.39, 0.29) is 6.04 Å². The Morgan fingerprint density at radius 1 is 1.17 bits per heavy atom. The topological polar surface area (TPSA) is 45.4 Å². The maximum absolute atomic E-state index is 5.38. The molecule has 2 rings (SSSR count). The maximum atomic E-state index is 5.38. The van der Waals surface area contributed by atoms with Crippen molar-refractivity contribution in [1.29, 1.82) is 0 Å². The van der Waals surface area contributed by atoms with E-state index in [0.29, 0.717) is 5.92 Å². The Hall–Kier alpha value is -0.940. The second-order valence-corrected chi connectivity index (χ2v) is 5.29. The fourth-order valence-corrected chi connectivity index (χ4v) is 2.27. The summed E-state index contributed by atoms with van der Waals surface area (Å²) < 4.78 is 5.38. The highest BCUT2D eigenvalue weighted by molar-refractivity contribution is 4.96. The highest BCUT2D eigenvalue weighted by Gasteiger charge is 2.25. The van der Waals surface area contributed by atoms with Gasteiger partial charge in [0.25, 0.3) is 0 Å². The third-order valence-corrected chi connectivity index (χ3v) is 3.73. The van der Waals surface area contributed by atoms with Crippen LogP contribution in [0.2, 0.25) is 0 Å². The summed E-state index contributed by atoms with van der Waals surface area (Å²) in [6.45, 7) is 14.1. The van der Waals surface area contributed by atoms with Crippen molar-refractivity contribution >= 4 is 0 Å². The Morgan fingerprint density at radius 3 is 2.33 bits per heavy atom. The smallest absolute Gasteiger partial charge is 0.243 e. The molecule has 1 atom stereocenters. The van der Waals surface area contributed by atoms with Crippen LogP contribution in [0.15, 0.2) is 4.52 Å². The van der Waals surface area contributed by atoms with E-state index >= 15 is 0 Å². The van der Waals surface area contributed by atoms with Crippen LogP contribution in [0.5, 0.6) is 0 Å². The Morgan fingerprint density at radius 2 is 1.83 bits per heavy atom. The molecule has 1 aromatic heterocycles. The molecule has 0 radical (unpaired) electrons. The summed E-state index contributed by atoms with van der Waals surface area (Å²) >= 11 is 0. The highest BCUT2D eigenvalue weighted by atomic mass is 16.5. The first-order valence-corrected chi connectivity index (χ1v) is 6.91. The quantitative estimate of drug-likeness (QED) is 0.819. The predicted molar refractivity (Wildman–Crippen MR) is 70.5 cm³/mol. The van der Waals surface area contributed by atoms with E-state index < -0.39 is 0 Å². The van der Waals surface area contributed by atoms with Crippen molar-refractivity contribution < 1.29 is 4.52 Å². The van der Waals surface area contributed by atoms with Crippen LogP contribution >= 0.6 is 0 Å². The van der Waals surface area contributed by atoms with Gasteiger partial charge in [-0.2, -0.15) is 4.98 Å². The van der Waals surface area contributed by atoms with Gasteiger partial charge in [-0.15, -0.1) is 0 Å². The maximum Gasteiger partial charge on any atom is 0.243 e. The molecule has 2 heterocycles. The van der Waals surface area contributed by atoms with Crippen LogP contribution in [0.3, 0.4) is 0 Å². The minimum Gasteiger partial charge on any atom is -0.338 e. The predicted octanol–water partition coefficient (Wildman–Crippen LogP) is 1.89. The lowest BCUT2D eigenvalue weighted by Crippen LogP contribution is -2.46. The molecule has 18 heavy (non-hydrogen) atoms. The molecule has 1 aliphatic heterocycles. The molecule has 0 N–H and O–H groups in total. The number of hydrogen-bond acceptors (Lipinski definition) is 5. The molecule has 0 aromatic carbocycles. The van der Waals surface area contributed by atoms with E-state index in [4.69, 9.17) is 4.52 Å². The number of piperazine rings is 1. The normalized spacial score (nSPS) is 20.5. The standard InChI is InChI=1S/C13H24N4O/c1-5-16-6-8-17(9-7-16)11(4)13-14-12(10(2)3)15-18-13/h10-11H,5-9H2,1-4H3/t11-/m0/s1. The van der Waals surface area contributed by atoms with Gasteiger partial charge in [0.1, 0.15) is 0 Å². The fourth-order valence-electron chi connectivity index (χ4n) is 2.27. The summed E-state index contributed by atoms with van der Waals surface area (Å²) in [5.41, 5.74) is 0. The van der Waals surface area contributed by atoms with Crippen molar-refractivity contribution in [2.24, 2.45) is 0 Å². The van der Waals surface area contributed by atoms with Gasteiger partial charge in [0.2, 0.25) is 5.89 Å². The third-order valence-electron chi connectivity index (χ3n) is 3.73. The van der Waals surface area contributed by atoms with Gasteiger partial charge in [-0.3, -0.25) is 4.90 Å². The molecule has 1 saturated heterocycles. The van der Waals surface area contributed by atoms with Crippen LogP contribution in [0.4, 0.5) is 0 Å². The van der Waals surface area contributed by atoms with Crippen molar-refractivity contribution in [3.05, 3.63) is 11.7 Å². The minimum atomic E-state index is 0.226. The van der Waals surface area contributed by atoms with E-state index in [1.807, 2.05) is 0 Å². The summed E-state index contributed by atoms with van der Waals surface area (Å²) in [4.78, 5) is 9.38. The van der Waals surface area contributed by atoms with Gasteiger partial charge in [-0.05, 0) is 13.5 Å². The third kappa shape index (κ3) is 2.90. The second kappa shape index (κ2) is 5.80. The monoisotopic (exact) mass is 252 g/mol. The zero-order valence-electron chi connectivity index (χ0n) is 11.9. The van der Waals surface area contributed by atoms with Crippen LogP contribution in [-0.4, -0.2) is 52.7 Å². The summed E-state index contributed by atoms with van der Waals surface area (Å²) in [6.07, 6.45) is 0. The molecular weight excluding hydrogens is 228 g/mol. The molecule has 0 amide bonds. The molecule has 5 nitrogen and oxygen atoms in total. The van der Waals surface area contributed by atoms with E-state index in [2.05, 4.69) is 47.6 Å². The van der Waals surface area contributed by atoms with Gasteiger partial charge in [0.15, 0.2) is 5.82 Å². The molecule has 0 bridgehead atoms. The highest BCUT2D eigenvalue weighted by Crippen LogP contribution is 2.21.